The Balaban J connectivity index is 1.76. The van der Waals surface area contributed by atoms with Crippen molar-refractivity contribution >= 4 is 11.7 Å². The van der Waals surface area contributed by atoms with Crippen LogP contribution in [0, 0.1) is 6.92 Å². The first-order valence-corrected chi connectivity index (χ1v) is 8.07. The minimum Gasteiger partial charge on any atom is -0.494 e. The summed E-state index contributed by atoms with van der Waals surface area (Å²) in [7, 11) is 0. The van der Waals surface area contributed by atoms with Gasteiger partial charge in [-0.3, -0.25) is 4.79 Å². The van der Waals surface area contributed by atoms with Crippen LogP contribution in [-0.2, 0) is 11.2 Å². The Bertz CT molecular complexity index is 859. The van der Waals surface area contributed by atoms with E-state index in [-0.39, 0.29) is 12.3 Å². The van der Waals surface area contributed by atoms with Gasteiger partial charge in [0, 0.05) is 5.56 Å². The molecule has 25 heavy (non-hydrogen) atoms. The van der Waals surface area contributed by atoms with E-state index in [1.54, 1.807) is 0 Å². The highest BCUT2D eigenvalue weighted by atomic mass is 16.6. The molecule has 0 aliphatic carbocycles. The summed E-state index contributed by atoms with van der Waals surface area (Å²) in [5.41, 5.74) is 3.20. The zero-order chi connectivity index (χ0) is 17.6. The molecule has 0 saturated heterocycles. The normalized spacial score (nSPS) is 10.5. The predicted octanol–water partition coefficient (Wildman–Crippen LogP) is 3.62. The van der Waals surface area contributed by atoms with Crippen LogP contribution in [0.25, 0.3) is 11.3 Å². The molecule has 1 amide bonds. The molecule has 0 fully saturated rings. The van der Waals surface area contributed by atoms with Crippen molar-refractivity contribution in [2.75, 3.05) is 11.9 Å². The second kappa shape index (κ2) is 7.61. The Morgan fingerprint density at radius 1 is 1.16 bits per heavy atom. The van der Waals surface area contributed by atoms with Gasteiger partial charge >= 0.3 is 0 Å². The summed E-state index contributed by atoms with van der Waals surface area (Å²) in [6.45, 7) is 4.50. The van der Waals surface area contributed by atoms with Crippen LogP contribution in [0.2, 0.25) is 0 Å². The lowest BCUT2D eigenvalue weighted by Crippen LogP contribution is -2.15. The number of hydrogen-bond acceptors (Lipinski definition) is 5. The maximum absolute atomic E-state index is 12.2. The number of aromatic nitrogens is 2. The average Bonchev–Trinajstić information content (AvgIpc) is 3.05. The molecule has 1 aromatic heterocycles. The van der Waals surface area contributed by atoms with Gasteiger partial charge in [-0.1, -0.05) is 30.3 Å². The molecule has 2 aromatic carbocycles. The molecule has 3 aromatic rings. The maximum Gasteiger partial charge on any atom is 0.230 e. The summed E-state index contributed by atoms with van der Waals surface area (Å²) in [6.07, 6.45) is 0.259. The smallest absolute Gasteiger partial charge is 0.230 e. The van der Waals surface area contributed by atoms with Crippen LogP contribution in [0.1, 0.15) is 18.1 Å². The Morgan fingerprint density at radius 3 is 2.68 bits per heavy atom. The van der Waals surface area contributed by atoms with Gasteiger partial charge in [0.2, 0.25) is 11.7 Å². The predicted molar refractivity (Wildman–Crippen MR) is 94.4 cm³/mol. The minimum absolute atomic E-state index is 0.175. The number of carbonyl (C=O) groups excluding carboxylic acids is 1. The molecular formula is C19H19N3O3. The van der Waals surface area contributed by atoms with E-state index in [0.29, 0.717) is 18.1 Å². The van der Waals surface area contributed by atoms with Gasteiger partial charge < -0.3 is 10.1 Å². The second-order valence-corrected chi connectivity index (χ2v) is 5.59. The fourth-order valence-electron chi connectivity index (χ4n) is 2.53. The van der Waals surface area contributed by atoms with Crippen LogP contribution in [0.3, 0.4) is 0 Å². The van der Waals surface area contributed by atoms with E-state index in [2.05, 4.69) is 15.6 Å². The van der Waals surface area contributed by atoms with E-state index in [9.17, 15) is 4.79 Å². The van der Waals surface area contributed by atoms with Crippen molar-refractivity contribution in [2.24, 2.45) is 0 Å². The van der Waals surface area contributed by atoms with Gasteiger partial charge in [-0.25, -0.2) is 4.63 Å². The van der Waals surface area contributed by atoms with Gasteiger partial charge in [0.15, 0.2) is 5.69 Å². The van der Waals surface area contributed by atoms with Crippen LogP contribution in [0.4, 0.5) is 5.82 Å². The van der Waals surface area contributed by atoms with Gasteiger partial charge in [0.1, 0.15) is 5.75 Å². The Kier molecular flexibility index (Phi) is 5.09. The van der Waals surface area contributed by atoms with Gasteiger partial charge in [-0.15, -0.1) is 0 Å². The number of benzene rings is 2. The lowest BCUT2D eigenvalue weighted by atomic mass is 10.1. The standard InChI is InChI=1S/C19H19N3O3/c1-3-24-16-10-9-15(11-13(16)2)18-19(22-25-21-18)20-17(23)12-14-7-5-4-6-8-14/h4-11H,3,12H2,1-2H3,(H,20,22,23). The van der Waals surface area contributed by atoms with E-state index >= 15 is 0 Å². The SMILES string of the molecule is CCOc1ccc(-c2nonc2NC(=O)Cc2ccccc2)cc1C. The van der Waals surface area contributed by atoms with E-state index < -0.39 is 0 Å². The van der Waals surface area contributed by atoms with Crippen LogP contribution in [0.15, 0.2) is 53.2 Å². The topological polar surface area (TPSA) is 77.2 Å². The third-order valence-corrected chi connectivity index (χ3v) is 3.70. The molecule has 0 bridgehead atoms. The Hall–Kier alpha value is -3.15. The van der Waals surface area contributed by atoms with E-state index in [4.69, 9.17) is 9.37 Å². The van der Waals surface area contributed by atoms with Crippen molar-refractivity contribution in [3.05, 3.63) is 59.7 Å². The number of ether oxygens (including phenoxy) is 1. The molecule has 3 rings (SSSR count). The minimum atomic E-state index is -0.175. The molecule has 0 unspecified atom stereocenters. The molecule has 6 nitrogen and oxygen atoms in total. The lowest BCUT2D eigenvalue weighted by molar-refractivity contribution is -0.115. The molecule has 0 spiro atoms. The number of nitrogens with one attached hydrogen (secondary N) is 1. The van der Waals surface area contributed by atoms with Crippen molar-refractivity contribution in [1.82, 2.24) is 10.3 Å². The average molecular weight is 337 g/mol. The summed E-state index contributed by atoms with van der Waals surface area (Å²) in [5.74, 6) is 0.952. The second-order valence-electron chi connectivity index (χ2n) is 5.59. The molecule has 0 radical (unpaired) electrons. The van der Waals surface area contributed by atoms with Crippen LogP contribution >= 0.6 is 0 Å². The summed E-state index contributed by atoms with van der Waals surface area (Å²) < 4.78 is 10.4. The van der Waals surface area contributed by atoms with Gasteiger partial charge in [-0.05, 0) is 53.5 Å². The zero-order valence-electron chi connectivity index (χ0n) is 14.2. The number of carbonyl (C=O) groups is 1. The van der Waals surface area contributed by atoms with E-state index in [0.717, 1.165) is 22.4 Å². The molecule has 0 aliphatic rings. The highest BCUT2D eigenvalue weighted by Gasteiger charge is 2.16. The summed E-state index contributed by atoms with van der Waals surface area (Å²) >= 11 is 0. The quantitative estimate of drug-likeness (QED) is 0.743. The summed E-state index contributed by atoms with van der Waals surface area (Å²) in [6, 6.07) is 15.2. The number of rotatable bonds is 6. The van der Waals surface area contributed by atoms with Crippen LogP contribution in [0.5, 0.6) is 5.75 Å². The first kappa shape index (κ1) is 16.7. The highest BCUT2D eigenvalue weighted by molar-refractivity contribution is 5.94. The molecule has 6 heteroatoms. The van der Waals surface area contributed by atoms with E-state index in [1.807, 2.05) is 62.4 Å². The maximum atomic E-state index is 12.2. The van der Waals surface area contributed by atoms with E-state index in [1.165, 1.54) is 0 Å². The monoisotopic (exact) mass is 337 g/mol. The van der Waals surface area contributed by atoms with Gasteiger partial charge in [0.05, 0.1) is 13.0 Å². The van der Waals surface area contributed by atoms with Crippen molar-refractivity contribution in [1.29, 1.82) is 0 Å². The zero-order valence-corrected chi connectivity index (χ0v) is 14.2. The van der Waals surface area contributed by atoms with Crippen molar-refractivity contribution < 1.29 is 14.2 Å². The van der Waals surface area contributed by atoms with Crippen LogP contribution in [-0.4, -0.2) is 22.8 Å². The number of aryl methyl sites for hydroxylation is 1. The van der Waals surface area contributed by atoms with Crippen molar-refractivity contribution in [2.45, 2.75) is 20.3 Å². The number of nitrogens with zero attached hydrogens (tertiary/aromatic N) is 2. The fraction of sp³-hybridized carbons (Fsp3) is 0.211. The largest absolute Gasteiger partial charge is 0.494 e. The van der Waals surface area contributed by atoms with Crippen molar-refractivity contribution in [3.63, 3.8) is 0 Å². The van der Waals surface area contributed by atoms with Crippen LogP contribution < -0.4 is 10.1 Å². The highest BCUT2D eigenvalue weighted by Crippen LogP contribution is 2.29. The fourth-order valence-corrected chi connectivity index (χ4v) is 2.53. The first-order valence-electron chi connectivity index (χ1n) is 8.07. The molecule has 1 N–H and O–H groups in total. The number of amides is 1. The van der Waals surface area contributed by atoms with Crippen molar-refractivity contribution in [3.8, 4) is 17.0 Å². The lowest BCUT2D eigenvalue weighted by Gasteiger charge is -2.08. The number of hydrogen-bond donors (Lipinski definition) is 1. The number of anilines is 1. The summed E-state index contributed by atoms with van der Waals surface area (Å²) in [5, 5.41) is 10.5. The summed E-state index contributed by atoms with van der Waals surface area (Å²) in [4.78, 5) is 12.2. The Labute approximate surface area is 145 Å². The third-order valence-electron chi connectivity index (χ3n) is 3.70. The molecule has 128 valence electrons. The first-order chi connectivity index (χ1) is 12.2. The molecule has 0 atom stereocenters. The molecule has 1 heterocycles. The molecule has 0 saturated carbocycles. The Morgan fingerprint density at radius 2 is 1.96 bits per heavy atom. The molecule has 0 aliphatic heterocycles. The van der Waals surface area contributed by atoms with Gasteiger partial charge in [-0.2, -0.15) is 0 Å². The van der Waals surface area contributed by atoms with Gasteiger partial charge in [0.25, 0.3) is 0 Å². The third kappa shape index (κ3) is 4.03. The molecular weight excluding hydrogens is 318 g/mol.